The summed E-state index contributed by atoms with van der Waals surface area (Å²) in [7, 11) is 1.54. The molecule has 0 bridgehead atoms. The molecule has 2 heterocycles. The van der Waals surface area contributed by atoms with Crippen molar-refractivity contribution < 1.29 is 4.74 Å². The molecule has 0 aliphatic heterocycles. The molecular formula is C10H15N7O. The Morgan fingerprint density at radius 3 is 2.89 bits per heavy atom. The predicted molar refractivity (Wildman–Crippen MR) is 67.1 cm³/mol. The lowest BCUT2D eigenvalue weighted by atomic mass is 10.4. The zero-order chi connectivity index (χ0) is 12.8. The summed E-state index contributed by atoms with van der Waals surface area (Å²) in [6.45, 7) is 1.46. The van der Waals surface area contributed by atoms with Crippen LogP contribution in [0.1, 0.15) is 0 Å². The van der Waals surface area contributed by atoms with Crippen molar-refractivity contribution in [3.8, 4) is 5.75 Å². The van der Waals surface area contributed by atoms with Gasteiger partial charge in [0.1, 0.15) is 6.33 Å². The molecule has 18 heavy (non-hydrogen) atoms. The van der Waals surface area contributed by atoms with E-state index in [-0.39, 0.29) is 0 Å². The van der Waals surface area contributed by atoms with Gasteiger partial charge in [-0.3, -0.25) is 0 Å². The van der Waals surface area contributed by atoms with E-state index in [1.165, 1.54) is 6.33 Å². The minimum absolute atomic E-state index is 0.442. The minimum Gasteiger partial charge on any atom is -0.490 e. The van der Waals surface area contributed by atoms with Gasteiger partial charge in [-0.2, -0.15) is 0 Å². The molecule has 2 rings (SSSR count). The first-order valence-corrected chi connectivity index (χ1v) is 5.40. The van der Waals surface area contributed by atoms with Crippen LogP contribution in [0, 0.1) is 0 Å². The number of hydrazine groups is 1. The van der Waals surface area contributed by atoms with Crippen molar-refractivity contribution in [2.45, 2.75) is 6.54 Å². The molecule has 8 nitrogen and oxygen atoms in total. The Morgan fingerprint density at radius 2 is 2.22 bits per heavy atom. The Kier molecular flexibility index (Phi) is 3.92. The third-order valence-corrected chi connectivity index (χ3v) is 2.37. The molecule has 2 aromatic rings. The third-order valence-electron chi connectivity index (χ3n) is 2.37. The van der Waals surface area contributed by atoms with E-state index in [2.05, 4.69) is 25.7 Å². The topological polar surface area (TPSA) is 103 Å². The van der Waals surface area contributed by atoms with Gasteiger partial charge in [0, 0.05) is 25.5 Å². The average molecular weight is 249 g/mol. The Hall–Kier alpha value is -2.35. The van der Waals surface area contributed by atoms with Crippen molar-refractivity contribution in [1.82, 2.24) is 19.5 Å². The number of rotatable bonds is 6. The van der Waals surface area contributed by atoms with Gasteiger partial charge in [-0.15, -0.1) is 0 Å². The molecular weight excluding hydrogens is 234 g/mol. The molecule has 0 amide bonds. The van der Waals surface area contributed by atoms with Crippen LogP contribution in [0.25, 0.3) is 0 Å². The van der Waals surface area contributed by atoms with E-state index in [1.807, 2.05) is 10.8 Å². The zero-order valence-electron chi connectivity index (χ0n) is 10.00. The van der Waals surface area contributed by atoms with Crippen LogP contribution in [-0.4, -0.2) is 33.2 Å². The van der Waals surface area contributed by atoms with Crippen molar-refractivity contribution in [1.29, 1.82) is 0 Å². The Bertz CT molecular complexity index is 485. The Balaban J connectivity index is 2.00. The van der Waals surface area contributed by atoms with E-state index in [4.69, 9.17) is 10.6 Å². The fourth-order valence-corrected chi connectivity index (χ4v) is 1.52. The standard InChI is InChI=1S/C10H15N7O/c1-18-8-9(14-6-15-10(8)16-11)13-3-5-17-4-2-12-7-17/h2,4,6-7H,3,5,11H2,1H3,(H2,13,14,15,16). The molecule has 0 atom stereocenters. The summed E-state index contributed by atoms with van der Waals surface area (Å²) in [5, 5.41) is 3.16. The van der Waals surface area contributed by atoms with E-state index in [0.717, 1.165) is 6.54 Å². The number of imidazole rings is 1. The molecule has 0 aromatic carbocycles. The number of nitrogen functional groups attached to an aromatic ring is 1. The molecule has 0 spiro atoms. The molecule has 0 aliphatic carbocycles. The Labute approximate surface area is 104 Å². The SMILES string of the molecule is COc1c(NN)ncnc1NCCn1ccnc1. The van der Waals surface area contributed by atoms with Crippen molar-refractivity contribution in [3.05, 3.63) is 25.0 Å². The molecule has 0 fully saturated rings. The number of hydrogen-bond donors (Lipinski definition) is 3. The molecule has 8 heteroatoms. The van der Waals surface area contributed by atoms with Crippen LogP contribution in [0.4, 0.5) is 11.6 Å². The van der Waals surface area contributed by atoms with Crippen molar-refractivity contribution in [2.24, 2.45) is 5.84 Å². The number of anilines is 2. The minimum atomic E-state index is 0.442. The summed E-state index contributed by atoms with van der Waals surface area (Å²) in [5.41, 5.74) is 2.46. The highest BCUT2D eigenvalue weighted by molar-refractivity contribution is 5.62. The molecule has 0 aliphatic rings. The normalized spacial score (nSPS) is 10.1. The van der Waals surface area contributed by atoms with E-state index in [9.17, 15) is 0 Å². The van der Waals surface area contributed by atoms with Gasteiger partial charge in [-0.1, -0.05) is 0 Å². The fourth-order valence-electron chi connectivity index (χ4n) is 1.52. The maximum atomic E-state index is 5.34. The maximum absolute atomic E-state index is 5.34. The number of nitrogens with two attached hydrogens (primary N) is 1. The van der Waals surface area contributed by atoms with Crippen LogP contribution < -0.4 is 21.3 Å². The quantitative estimate of drug-likeness (QED) is 0.492. The van der Waals surface area contributed by atoms with E-state index < -0.39 is 0 Å². The summed E-state index contributed by atoms with van der Waals surface area (Å²) >= 11 is 0. The highest BCUT2D eigenvalue weighted by atomic mass is 16.5. The van der Waals surface area contributed by atoms with Crippen LogP contribution in [0.3, 0.4) is 0 Å². The van der Waals surface area contributed by atoms with Crippen LogP contribution >= 0.6 is 0 Å². The van der Waals surface area contributed by atoms with Crippen molar-refractivity contribution in [2.75, 3.05) is 24.4 Å². The first-order chi connectivity index (χ1) is 8.85. The van der Waals surface area contributed by atoms with Gasteiger partial charge in [0.2, 0.25) is 5.75 Å². The molecule has 96 valence electrons. The largest absolute Gasteiger partial charge is 0.490 e. The highest BCUT2D eigenvalue weighted by Crippen LogP contribution is 2.27. The summed E-state index contributed by atoms with van der Waals surface area (Å²) in [6, 6.07) is 0. The molecule has 0 saturated carbocycles. The molecule has 0 unspecified atom stereocenters. The third kappa shape index (κ3) is 2.66. The van der Waals surface area contributed by atoms with Crippen LogP contribution in [0.2, 0.25) is 0 Å². The van der Waals surface area contributed by atoms with Gasteiger partial charge in [-0.25, -0.2) is 20.8 Å². The number of nitrogens with one attached hydrogen (secondary N) is 2. The predicted octanol–water partition coefficient (Wildman–Crippen LogP) is 0.0794. The van der Waals surface area contributed by atoms with Crippen molar-refractivity contribution in [3.63, 3.8) is 0 Å². The summed E-state index contributed by atoms with van der Waals surface area (Å²) < 4.78 is 7.17. The van der Waals surface area contributed by atoms with Gasteiger partial charge in [0.15, 0.2) is 11.6 Å². The van der Waals surface area contributed by atoms with Crippen LogP contribution in [0.15, 0.2) is 25.0 Å². The smallest absolute Gasteiger partial charge is 0.205 e. The zero-order valence-corrected chi connectivity index (χ0v) is 10.00. The fraction of sp³-hybridized carbons (Fsp3) is 0.300. The lowest BCUT2D eigenvalue weighted by Crippen LogP contribution is -2.14. The highest BCUT2D eigenvalue weighted by Gasteiger charge is 2.10. The molecule has 0 saturated heterocycles. The number of nitrogens with zero attached hydrogens (tertiary/aromatic N) is 4. The van der Waals surface area contributed by atoms with Gasteiger partial charge in [0.05, 0.1) is 13.4 Å². The Morgan fingerprint density at radius 1 is 1.39 bits per heavy atom. The number of methoxy groups -OCH3 is 1. The lowest BCUT2D eigenvalue weighted by Gasteiger charge is -2.12. The molecule has 4 N–H and O–H groups in total. The molecule has 0 radical (unpaired) electrons. The number of hydrogen-bond acceptors (Lipinski definition) is 7. The summed E-state index contributed by atoms with van der Waals surface area (Å²) in [6.07, 6.45) is 6.80. The second-order valence-electron chi connectivity index (χ2n) is 3.48. The average Bonchev–Trinajstić information content (AvgIpc) is 2.91. The summed E-state index contributed by atoms with van der Waals surface area (Å²) in [4.78, 5) is 12.0. The number of aromatic nitrogens is 4. The van der Waals surface area contributed by atoms with E-state index in [1.54, 1.807) is 19.6 Å². The van der Waals surface area contributed by atoms with Gasteiger partial charge < -0.3 is 20.0 Å². The van der Waals surface area contributed by atoms with Crippen LogP contribution in [0.5, 0.6) is 5.75 Å². The number of ether oxygens (including phenoxy) is 1. The second kappa shape index (κ2) is 5.82. The lowest BCUT2D eigenvalue weighted by molar-refractivity contribution is 0.414. The maximum Gasteiger partial charge on any atom is 0.205 e. The van der Waals surface area contributed by atoms with Crippen LogP contribution in [-0.2, 0) is 6.54 Å². The first-order valence-electron chi connectivity index (χ1n) is 5.40. The second-order valence-corrected chi connectivity index (χ2v) is 3.48. The van der Waals surface area contributed by atoms with E-state index in [0.29, 0.717) is 23.9 Å². The van der Waals surface area contributed by atoms with Gasteiger partial charge in [0.25, 0.3) is 0 Å². The van der Waals surface area contributed by atoms with Gasteiger partial charge in [-0.05, 0) is 0 Å². The van der Waals surface area contributed by atoms with Crippen molar-refractivity contribution >= 4 is 11.6 Å². The summed E-state index contributed by atoms with van der Waals surface area (Å²) in [5.74, 6) is 6.87. The van der Waals surface area contributed by atoms with Gasteiger partial charge >= 0.3 is 0 Å². The van der Waals surface area contributed by atoms with E-state index >= 15 is 0 Å². The first kappa shape index (κ1) is 12.1. The monoisotopic (exact) mass is 249 g/mol. The molecule has 2 aromatic heterocycles.